The van der Waals surface area contributed by atoms with Gasteiger partial charge in [-0.2, -0.15) is 0 Å². The summed E-state index contributed by atoms with van der Waals surface area (Å²) in [5.41, 5.74) is 1.32. The van der Waals surface area contributed by atoms with Crippen molar-refractivity contribution < 1.29 is 29.9 Å². The first kappa shape index (κ1) is 17.9. The Morgan fingerprint density at radius 2 is 1.96 bits per heavy atom. The Bertz CT molecular complexity index is 667. The van der Waals surface area contributed by atoms with E-state index >= 15 is 0 Å². The molecule has 0 bridgehead atoms. The van der Waals surface area contributed by atoms with Crippen LogP contribution in [0.1, 0.15) is 0 Å². The number of aliphatic hydroxyl groups excluding tert-OH is 4. The van der Waals surface area contributed by atoms with Crippen molar-refractivity contribution in [3.8, 4) is 11.4 Å². The number of aliphatic hydroxyl groups is 4. The van der Waals surface area contributed by atoms with E-state index in [1.165, 1.54) is 0 Å². The van der Waals surface area contributed by atoms with E-state index in [4.69, 9.17) is 14.6 Å². The average molecular weight is 352 g/mol. The molecule has 1 aliphatic heterocycles. The molecule has 25 heavy (non-hydrogen) atoms. The second-order valence-corrected chi connectivity index (χ2v) is 5.65. The van der Waals surface area contributed by atoms with Crippen molar-refractivity contribution >= 4 is 0 Å². The fourth-order valence-electron chi connectivity index (χ4n) is 2.51. The van der Waals surface area contributed by atoms with Gasteiger partial charge in [-0.25, -0.2) is 4.68 Å². The zero-order chi connectivity index (χ0) is 17.8. The zero-order valence-electron chi connectivity index (χ0n) is 13.3. The number of rotatable bonds is 6. The number of nitrogens with zero attached hydrogens (tertiary/aromatic N) is 4. The van der Waals surface area contributed by atoms with Gasteiger partial charge < -0.3 is 29.9 Å². The summed E-state index contributed by atoms with van der Waals surface area (Å²) < 4.78 is 12.2. The summed E-state index contributed by atoms with van der Waals surface area (Å²) in [6, 6.07) is 5.48. The van der Waals surface area contributed by atoms with E-state index in [1.807, 2.05) is 18.2 Å². The van der Waals surface area contributed by atoms with Gasteiger partial charge in [-0.3, -0.25) is 4.98 Å². The van der Waals surface area contributed by atoms with E-state index in [0.29, 0.717) is 17.9 Å². The van der Waals surface area contributed by atoms with Gasteiger partial charge in [0.1, 0.15) is 30.1 Å². The van der Waals surface area contributed by atoms with Gasteiger partial charge in [0.05, 0.1) is 31.6 Å². The maximum absolute atomic E-state index is 9.89. The molecule has 0 unspecified atom stereocenters. The van der Waals surface area contributed by atoms with Crippen molar-refractivity contribution in [2.45, 2.75) is 37.3 Å². The van der Waals surface area contributed by atoms with Crippen LogP contribution in [0.5, 0.6) is 0 Å². The molecular weight excluding hydrogens is 332 g/mol. The van der Waals surface area contributed by atoms with Gasteiger partial charge in [0.15, 0.2) is 6.29 Å². The quantitative estimate of drug-likeness (QED) is 0.471. The molecule has 0 aromatic carbocycles. The molecule has 0 amide bonds. The van der Waals surface area contributed by atoms with Crippen molar-refractivity contribution in [3.05, 3.63) is 30.6 Å². The maximum atomic E-state index is 9.89. The molecule has 3 heterocycles. The number of hydrogen-bond acceptors (Lipinski definition) is 9. The monoisotopic (exact) mass is 352 g/mol. The van der Waals surface area contributed by atoms with E-state index in [-0.39, 0.29) is 6.61 Å². The molecule has 2 aromatic rings. The van der Waals surface area contributed by atoms with Crippen molar-refractivity contribution in [3.63, 3.8) is 0 Å². The number of ether oxygens (including phenoxy) is 2. The summed E-state index contributed by atoms with van der Waals surface area (Å²) in [4.78, 5) is 4.18. The van der Waals surface area contributed by atoms with Gasteiger partial charge in [-0.1, -0.05) is 11.3 Å². The highest BCUT2D eigenvalue weighted by molar-refractivity contribution is 5.51. The third-order valence-corrected chi connectivity index (χ3v) is 3.92. The predicted octanol–water partition coefficient (Wildman–Crippen LogP) is -1.84. The Labute approximate surface area is 143 Å². The molecule has 2 aromatic heterocycles. The van der Waals surface area contributed by atoms with Crippen LogP contribution >= 0.6 is 0 Å². The van der Waals surface area contributed by atoms with Gasteiger partial charge in [-0.15, -0.1) is 5.10 Å². The number of aromatic nitrogens is 4. The van der Waals surface area contributed by atoms with E-state index in [1.54, 1.807) is 17.1 Å². The van der Waals surface area contributed by atoms with Crippen LogP contribution in [-0.4, -0.2) is 84.3 Å². The molecule has 1 aliphatic rings. The van der Waals surface area contributed by atoms with Gasteiger partial charge in [0, 0.05) is 6.20 Å². The van der Waals surface area contributed by atoms with Crippen LogP contribution in [0, 0.1) is 0 Å². The number of pyridine rings is 1. The van der Waals surface area contributed by atoms with E-state index < -0.39 is 37.3 Å². The highest BCUT2D eigenvalue weighted by Gasteiger charge is 2.43. The first-order chi connectivity index (χ1) is 12.1. The molecule has 0 saturated carbocycles. The second kappa shape index (κ2) is 7.95. The van der Waals surface area contributed by atoms with Crippen molar-refractivity contribution in [2.24, 2.45) is 0 Å². The molecule has 5 atom stereocenters. The summed E-state index contributed by atoms with van der Waals surface area (Å²) in [7, 11) is 0. The SMILES string of the molecule is OC[C@H]1O[C@@H](OCCn2cc(-c3ccccn3)nn2)[C@H](O)[C@@H](O)[C@@H]1O. The fourth-order valence-corrected chi connectivity index (χ4v) is 2.51. The van der Waals surface area contributed by atoms with Crippen LogP contribution in [0.2, 0.25) is 0 Å². The zero-order valence-corrected chi connectivity index (χ0v) is 13.3. The Morgan fingerprint density at radius 3 is 2.68 bits per heavy atom. The van der Waals surface area contributed by atoms with Crippen molar-refractivity contribution in [2.75, 3.05) is 13.2 Å². The van der Waals surface area contributed by atoms with Crippen molar-refractivity contribution in [1.82, 2.24) is 20.0 Å². The standard InChI is InChI=1S/C15H20N4O6/c20-8-11-12(21)13(22)14(23)15(25-11)24-6-5-19-7-10(17-18-19)9-3-1-2-4-16-9/h1-4,7,11-15,20-23H,5-6,8H2/t11-,12-,13+,14-,15-/m1/s1. The van der Waals surface area contributed by atoms with Gasteiger partial charge in [0.25, 0.3) is 0 Å². The smallest absolute Gasteiger partial charge is 0.186 e. The lowest BCUT2D eigenvalue weighted by Gasteiger charge is -2.39. The average Bonchev–Trinajstić information content (AvgIpc) is 3.11. The predicted molar refractivity (Wildman–Crippen MR) is 83.0 cm³/mol. The molecule has 0 spiro atoms. The summed E-state index contributed by atoms with van der Waals surface area (Å²) in [5.74, 6) is 0. The van der Waals surface area contributed by atoms with Crippen LogP contribution in [0.4, 0.5) is 0 Å². The van der Waals surface area contributed by atoms with Gasteiger partial charge in [-0.05, 0) is 12.1 Å². The minimum absolute atomic E-state index is 0.119. The maximum Gasteiger partial charge on any atom is 0.186 e. The molecule has 0 aliphatic carbocycles. The lowest BCUT2D eigenvalue weighted by Crippen LogP contribution is -2.59. The Morgan fingerprint density at radius 1 is 1.12 bits per heavy atom. The number of hydrogen-bond donors (Lipinski definition) is 4. The Balaban J connectivity index is 1.53. The molecule has 0 radical (unpaired) electrons. The summed E-state index contributed by atoms with van der Waals surface area (Å²) in [6.07, 6.45) is -3.07. The minimum Gasteiger partial charge on any atom is -0.394 e. The Kier molecular flexibility index (Phi) is 5.68. The summed E-state index contributed by atoms with van der Waals surface area (Å²) in [6.45, 7) is -0.0517. The van der Waals surface area contributed by atoms with Crippen LogP contribution < -0.4 is 0 Å². The molecule has 10 nitrogen and oxygen atoms in total. The largest absolute Gasteiger partial charge is 0.394 e. The van der Waals surface area contributed by atoms with E-state index in [9.17, 15) is 15.3 Å². The molecule has 1 saturated heterocycles. The molecule has 136 valence electrons. The lowest BCUT2D eigenvalue weighted by molar-refractivity contribution is -0.301. The topological polar surface area (TPSA) is 143 Å². The molecular formula is C15H20N4O6. The lowest BCUT2D eigenvalue weighted by atomic mass is 9.99. The highest BCUT2D eigenvalue weighted by atomic mass is 16.7. The molecule has 3 rings (SSSR count). The Hall–Kier alpha value is -1.95. The normalized spacial score (nSPS) is 29.7. The first-order valence-corrected chi connectivity index (χ1v) is 7.84. The minimum atomic E-state index is -1.46. The fraction of sp³-hybridized carbons (Fsp3) is 0.533. The molecule has 4 N–H and O–H groups in total. The van der Waals surface area contributed by atoms with Crippen LogP contribution in [-0.2, 0) is 16.0 Å². The second-order valence-electron chi connectivity index (χ2n) is 5.65. The molecule has 1 fully saturated rings. The van der Waals surface area contributed by atoms with Crippen LogP contribution in [0.3, 0.4) is 0 Å². The van der Waals surface area contributed by atoms with Crippen molar-refractivity contribution in [1.29, 1.82) is 0 Å². The first-order valence-electron chi connectivity index (χ1n) is 7.84. The van der Waals surface area contributed by atoms with Crippen LogP contribution in [0.15, 0.2) is 30.6 Å². The molecule has 10 heteroatoms. The van der Waals surface area contributed by atoms with E-state index in [2.05, 4.69) is 15.3 Å². The van der Waals surface area contributed by atoms with Gasteiger partial charge in [0.2, 0.25) is 0 Å². The summed E-state index contributed by atoms with van der Waals surface area (Å²) >= 11 is 0. The van der Waals surface area contributed by atoms with E-state index in [0.717, 1.165) is 0 Å². The third kappa shape index (κ3) is 4.00. The van der Waals surface area contributed by atoms with Crippen LogP contribution in [0.25, 0.3) is 11.4 Å². The highest BCUT2D eigenvalue weighted by Crippen LogP contribution is 2.22. The summed E-state index contributed by atoms with van der Waals surface area (Å²) in [5, 5.41) is 46.4. The third-order valence-electron chi connectivity index (χ3n) is 3.92. The van der Waals surface area contributed by atoms with Gasteiger partial charge >= 0.3 is 0 Å².